The maximum Gasteiger partial charge on any atom is 0.0861 e. The zero-order valence-electron chi connectivity index (χ0n) is 9.51. The molecule has 1 aromatic heterocycles. The van der Waals surface area contributed by atoms with E-state index in [0.717, 1.165) is 16.7 Å². The van der Waals surface area contributed by atoms with Crippen LogP contribution in [0, 0.1) is 0 Å². The van der Waals surface area contributed by atoms with Gasteiger partial charge in [0.05, 0.1) is 5.60 Å². The summed E-state index contributed by atoms with van der Waals surface area (Å²) in [7, 11) is 0. The highest BCUT2D eigenvalue weighted by molar-refractivity contribution is 5.67. The van der Waals surface area contributed by atoms with Crippen molar-refractivity contribution in [2.45, 2.75) is 19.4 Å². The van der Waals surface area contributed by atoms with Crippen LogP contribution in [-0.4, -0.2) is 10.1 Å². The van der Waals surface area contributed by atoms with Crippen molar-refractivity contribution in [3.05, 3.63) is 54.4 Å². The SMILES string of the molecule is CC(C)(O)c1cnccc1-c1ccccc1. The minimum atomic E-state index is -0.876. The minimum Gasteiger partial charge on any atom is -0.386 e. The average Bonchev–Trinajstić information content (AvgIpc) is 2.29. The number of aliphatic hydroxyl groups is 1. The van der Waals surface area contributed by atoms with Crippen molar-refractivity contribution >= 4 is 0 Å². The third-order valence-electron chi connectivity index (χ3n) is 2.56. The number of hydrogen-bond acceptors (Lipinski definition) is 2. The Morgan fingerprint density at radius 2 is 1.75 bits per heavy atom. The Balaban J connectivity index is 2.58. The van der Waals surface area contributed by atoms with Crippen LogP contribution in [-0.2, 0) is 5.60 Å². The normalized spacial score (nSPS) is 11.4. The maximum absolute atomic E-state index is 10.1. The van der Waals surface area contributed by atoms with Crippen molar-refractivity contribution in [3.63, 3.8) is 0 Å². The van der Waals surface area contributed by atoms with E-state index in [1.807, 2.05) is 36.4 Å². The molecule has 0 saturated carbocycles. The lowest BCUT2D eigenvalue weighted by molar-refractivity contribution is 0.0788. The highest BCUT2D eigenvalue weighted by Crippen LogP contribution is 2.30. The molecule has 0 atom stereocenters. The van der Waals surface area contributed by atoms with Gasteiger partial charge in [0.25, 0.3) is 0 Å². The molecule has 16 heavy (non-hydrogen) atoms. The second kappa shape index (κ2) is 4.06. The number of rotatable bonds is 2. The van der Waals surface area contributed by atoms with E-state index in [-0.39, 0.29) is 0 Å². The number of nitrogens with zero attached hydrogens (tertiary/aromatic N) is 1. The Kier molecular flexibility index (Phi) is 2.75. The lowest BCUT2D eigenvalue weighted by Crippen LogP contribution is -2.17. The first-order chi connectivity index (χ1) is 7.59. The van der Waals surface area contributed by atoms with Crippen LogP contribution in [0.5, 0.6) is 0 Å². The fourth-order valence-electron chi connectivity index (χ4n) is 1.75. The molecule has 2 nitrogen and oxygen atoms in total. The predicted molar refractivity (Wildman–Crippen MR) is 64.9 cm³/mol. The van der Waals surface area contributed by atoms with Gasteiger partial charge in [0.1, 0.15) is 0 Å². The molecule has 82 valence electrons. The van der Waals surface area contributed by atoms with Crippen molar-refractivity contribution in [2.75, 3.05) is 0 Å². The average molecular weight is 213 g/mol. The highest BCUT2D eigenvalue weighted by atomic mass is 16.3. The highest BCUT2D eigenvalue weighted by Gasteiger charge is 2.20. The van der Waals surface area contributed by atoms with E-state index in [1.54, 1.807) is 26.2 Å². The molecular weight excluding hydrogens is 198 g/mol. The van der Waals surface area contributed by atoms with E-state index in [1.165, 1.54) is 0 Å². The van der Waals surface area contributed by atoms with E-state index in [9.17, 15) is 5.11 Å². The van der Waals surface area contributed by atoms with E-state index in [0.29, 0.717) is 0 Å². The van der Waals surface area contributed by atoms with Gasteiger partial charge in [-0.25, -0.2) is 0 Å². The van der Waals surface area contributed by atoms with Gasteiger partial charge in [-0.2, -0.15) is 0 Å². The van der Waals surface area contributed by atoms with Gasteiger partial charge in [-0.1, -0.05) is 30.3 Å². The Bertz CT molecular complexity index is 472. The molecule has 0 aliphatic heterocycles. The van der Waals surface area contributed by atoms with E-state index in [4.69, 9.17) is 0 Å². The quantitative estimate of drug-likeness (QED) is 0.832. The summed E-state index contributed by atoms with van der Waals surface area (Å²) in [5, 5.41) is 10.1. The molecule has 0 fully saturated rings. The summed E-state index contributed by atoms with van der Waals surface area (Å²) < 4.78 is 0. The van der Waals surface area contributed by atoms with Gasteiger partial charge < -0.3 is 5.11 Å². The summed E-state index contributed by atoms with van der Waals surface area (Å²) in [6.07, 6.45) is 3.47. The third-order valence-corrected chi connectivity index (χ3v) is 2.56. The molecule has 2 rings (SSSR count). The summed E-state index contributed by atoms with van der Waals surface area (Å²) in [6.45, 7) is 3.55. The summed E-state index contributed by atoms with van der Waals surface area (Å²) in [5.41, 5.74) is 2.10. The van der Waals surface area contributed by atoms with Crippen LogP contribution < -0.4 is 0 Å². The van der Waals surface area contributed by atoms with Crippen molar-refractivity contribution in [1.82, 2.24) is 4.98 Å². The predicted octanol–water partition coefficient (Wildman–Crippen LogP) is 2.98. The van der Waals surface area contributed by atoms with Gasteiger partial charge in [-0.3, -0.25) is 4.98 Å². The van der Waals surface area contributed by atoms with Crippen LogP contribution in [0.25, 0.3) is 11.1 Å². The summed E-state index contributed by atoms with van der Waals surface area (Å²) in [4.78, 5) is 4.08. The van der Waals surface area contributed by atoms with Crippen LogP contribution >= 0.6 is 0 Å². The second-order valence-corrected chi connectivity index (χ2v) is 4.35. The summed E-state index contributed by atoms with van der Waals surface area (Å²) in [6, 6.07) is 12.0. The molecule has 0 bridgehead atoms. The minimum absolute atomic E-state index is 0.848. The summed E-state index contributed by atoms with van der Waals surface area (Å²) in [5.74, 6) is 0. The van der Waals surface area contributed by atoms with E-state index in [2.05, 4.69) is 4.98 Å². The third kappa shape index (κ3) is 2.12. The molecule has 2 heteroatoms. The smallest absolute Gasteiger partial charge is 0.0861 e. The number of pyridine rings is 1. The van der Waals surface area contributed by atoms with Crippen LogP contribution in [0.1, 0.15) is 19.4 Å². The molecule has 0 spiro atoms. The van der Waals surface area contributed by atoms with Gasteiger partial charge in [-0.05, 0) is 31.0 Å². The van der Waals surface area contributed by atoms with Crippen LogP contribution in [0.4, 0.5) is 0 Å². The Morgan fingerprint density at radius 1 is 1.06 bits per heavy atom. The van der Waals surface area contributed by atoms with Gasteiger partial charge in [0.15, 0.2) is 0 Å². The van der Waals surface area contributed by atoms with Gasteiger partial charge in [0.2, 0.25) is 0 Å². The van der Waals surface area contributed by atoms with Crippen LogP contribution in [0.15, 0.2) is 48.8 Å². The fraction of sp³-hybridized carbons (Fsp3) is 0.214. The van der Waals surface area contributed by atoms with E-state index >= 15 is 0 Å². The molecule has 0 unspecified atom stereocenters. The molecule has 0 amide bonds. The first kappa shape index (κ1) is 10.8. The van der Waals surface area contributed by atoms with Gasteiger partial charge in [0, 0.05) is 18.0 Å². The monoisotopic (exact) mass is 213 g/mol. The molecule has 0 radical (unpaired) electrons. The number of hydrogen-bond donors (Lipinski definition) is 1. The molecule has 1 aromatic carbocycles. The molecule has 1 N–H and O–H groups in total. The van der Waals surface area contributed by atoms with Crippen molar-refractivity contribution in [1.29, 1.82) is 0 Å². The fourth-order valence-corrected chi connectivity index (χ4v) is 1.75. The molecule has 0 saturated heterocycles. The van der Waals surface area contributed by atoms with Gasteiger partial charge in [-0.15, -0.1) is 0 Å². The van der Waals surface area contributed by atoms with E-state index < -0.39 is 5.60 Å². The Labute approximate surface area is 95.6 Å². The zero-order chi connectivity index (χ0) is 11.6. The van der Waals surface area contributed by atoms with Crippen molar-refractivity contribution < 1.29 is 5.11 Å². The summed E-state index contributed by atoms with van der Waals surface area (Å²) >= 11 is 0. The number of aromatic nitrogens is 1. The Morgan fingerprint density at radius 3 is 2.38 bits per heavy atom. The zero-order valence-corrected chi connectivity index (χ0v) is 9.51. The Hall–Kier alpha value is -1.67. The standard InChI is InChI=1S/C14H15NO/c1-14(2,16)13-10-15-9-8-12(13)11-6-4-3-5-7-11/h3-10,16H,1-2H3. The van der Waals surface area contributed by atoms with Crippen molar-refractivity contribution in [2.24, 2.45) is 0 Å². The molecule has 1 heterocycles. The van der Waals surface area contributed by atoms with Gasteiger partial charge >= 0.3 is 0 Å². The molecule has 0 aliphatic rings. The lowest BCUT2D eigenvalue weighted by atomic mass is 9.91. The molecule has 0 aliphatic carbocycles. The number of benzene rings is 1. The maximum atomic E-state index is 10.1. The largest absolute Gasteiger partial charge is 0.386 e. The second-order valence-electron chi connectivity index (χ2n) is 4.35. The van der Waals surface area contributed by atoms with Crippen LogP contribution in [0.3, 0.4) is 0 Å². The molecule has 2 aromatic rings. The lowest BCUT2D eigenvalue weighted by Gasteiger charge is -2.21. The van der Waals surface area contributed by atoms with Crippen molar-refractivity contribution in [3.8, 4) is 11.1 Å². The topological polar surface area (TPSA) is 33.1 Å². The molecular formula is C14H15NO. The first-order valence-corrected chi connectivity index (χ1v) is 5.31. The first-order valence-electron chi connectivity index (χ1n) is 5.31. The van der Waals surface area contributed by atoms with Crippen LogP contribution in [0.2, 0.25) is 0 Å².